The molecular formula is C26H23N5O2S. The Hall–Kier alpha value is -4.04. The Balaban J connectivity index is 1.40. The van der Waals surface area contributed by atoms with Crippen LogP contribution >= 0.6 is 11.3 Å². The highest BCUT2D eigenvalue weighted by Crippen LogP contribution is 2.25. The highest BCUT2D eigenvalue weighted by molar-refractivity contribution is 7.20. The van der Waals surface area contributed by atoms with Gasteiger partial charge in [-0.1, -0.05) is 66.8 Å². The predicted octanol–water partition coefficient (Wildman–Crippen LogP) is 4.89. The summed E-state index contributed by atoms with van der Waals surface area (Å²) in [7, 11) is 0. The van der Waals surface area contributed by atoms with E-state index in [1.165, 1.54) is 21.4 Å². The highest BCUT2D eigenvalue weighted by Gasteiger charge is 2.15. The summed E-state index contributed by atoms with van der Waals surface area (Å²) in [5.74, 6) is -0.0118. The molecule has 0 radical (unpaired) electrons. The summed E-state index contributed by atoms with van der Waals surface area (Å²) in [6.07, 6.45) is 0. The smallest absolute Gasteiger partial charge is 0.283 e. The lowest BCUT2D eigenvalue weighted by Gasteiger charge is -2.13. The number of hydrogen-bond acceptors (Lipinski definition) is 6. The van der Waals surface area contributed by atoms with Gasteiger partial charge < -0.3 is 10.6 Å². The van der Waals surface area contributed by atoms with Crippen LogP contribution in [0, 0.1) is 6.92 Å². The molecule has 0 aliphatic carbocycles. The standard InChI is InChI=1S/C26H23N5O2S/c1-16-8-6-7-11-21(16)28-25-30-31-24(33)20-13-12-19(14-22(20)29-26(31)34-25)23(32)27-15-17(2)18-9-4-3-5-10-18/h3-14,17H,15H2,1-2H3,(H,27,32)(H,28,30)/t17-/m1/s1. The second-order valence-electron chi connectivity index (χ2n) is 8.21. The Morgan fingerprint density at radius 3 is 2.62 bits per heavy atom. The first-order chi connectivity index (χ1) is 16.5. The molecule has 2 heterocycles. The van der Waals surface area contributed by atoms with Gasteiger partial charge in [0.05, 0.1) is 10.9 Å². The van der Waals surface area contributed by atoms with Gasteiger partial charge in [-0.3, -0.25) is 9.59 Å². The number of fused-ring (bicyclic) bond motifs is 2. The van der Waals surface area contributed by atoms with Gasteiger partial charge in [0, 0.05) is 17.8 Å². The van der Waals surface area contributed by atoms with Crippen molar-refractivity contribution in [1.29, 1.82) is 0 Å². The second kappa shape index (κ2) is 9.07. The molecule has 0 spiro atoms. The quantitative estimate of drug-likeness (QED) is 0.370. The minimum absolute atomic E-state index is 0.185. The third kappa shape index (κ3) is 4.27. The number of nitrogens with one attached hydrogen (secondary N) is 2. The predicted molar refractivity (Wildman–Crippen MR) is 136 cm³/mol. The van der Waals surface area contributed by atoms with E-state index in [2.05, 4.69) is 27.6 Å². The van der Waals surface area contributed by atoms with Crippen LogP contribution < -0.4 is 16.2 Å². The molecule has 5 rings (SSSR count). The molecule has 0 bridgehead atoms. The van der Waals surface area contributed by atoms with Crippen LogP contribution in [0.1, 0.15) is 34.3 Å². The van der Waals surface area contributed by atoms with Gasteiger partial charge in [-0.15, -0.1) is 5.10 Å². The molecule has 170 valence electrons. The Labute approximate surface area is 200 Å². The average molecular weight is 470 g/mol. The zero-order valence-electron chi connectivity index (χ0n) is 18.8. The summed E-state index contributed by atoms with van der Waals surface area (Å²) in [6, 6.07) is 22.9. The summed E-state index contributed by atoms with van der Waals surface area (Å²) in [5, 5.41) is 11.6. The van der Waals surface area contributed by atoms with E-state index in [0.717, 1.165) is 11.3 Å². The van der Waals surface area contributed by atoms with Crippen molar-refractivity contribution in [3.8, 4) is 0 Å². The van der Waals surface area contributed by atoms with Crippen molar-refractivity contribution >= 4 is 43.9 Å². The van der Waals surface area contributed by atoms with E-state index in [9.17, 15) is 9.59 Å². The molecule has 0 saturated carbocycles. The number of hydrogen-bond donors (Lipinski definition) is 2. The van der Waals surface area contributed by atoms with Crippen LogP contribution in [0.4, 0.5) is 10.8 Å². The molecule has 1 atom stereocenters. The third-order valence-corrected chi connectivity index (χ3v) is 6.61. The van der Waals surface area contributed by atoms with Crippen molar-refractivity contribution in [2.45, 2.75) is 19.8 Å². The van der Waals surface area contributed by atoms with Gasteiger partial charge in [-0.25, -0.2) is 4.98 Å². The maximum absolute atomic E-state index is 13.0. The van der Waals surface area contributed by atoms with Crippen molar-refractivity contribution in [3.05, 3.63) is 99.8 Å². The molecular weight excluding hydrogens is 446 g/mol. The maximum atomic E-state index is 13.0. The molecule has 2 aromatic heterocycles. The van der Waals surface area contributed by atoms with Gasteiger partial charge in [-0.2, -0.15) is 4.52 Å². The van der Waals surface area contributed by atoms with Crippen molar-refractivity contribution in [1.82, 2.24) is 19.9 Å². The highest BCUT2D eigenvalue weighted by atomic mass is 32.1. The molecule has 5 aromatic rings. The van der Waals surface area contributed by atoms with E-state index in [1.54, 1.807) is 18.2 Å². The summed E-state index contributed by atoms with van der Waals surface area (Å²) in [6.45, 7) is 4.59. The molecule has 2 N–H and O–H groups in total. The average Bonchev–Trinajstić information content (AvgIpc) is 3.26. The monoisotopic (exact) mass is 469 g/mol. The van der Waals surface area contributed by atoms with Gasteiger partial charge >= 0.3 is 0 Å². The summed E-state index contributed by atoms with van der Waals surface area (Å²) in [4.78, 5) is 30.9. The number of amides is 1. The van der Waals surface area contributed by atoms with Crippen LogP contribution in [0.25, 0.3) is 15.9 Å². The number of nitrogens with zero attached hydrogens (tertiary/aromatic N) is 3. The zero-order valence-corrected chi connectivity index (χ0v) is 19.6. The van der Waals surface area contributed by atoms with Crippen LogP contribution in [0.5, 0.6) is 0 Å². The number of carbonyl (C=O) groups is 1. The first-order valence-corrected chi connectivity index (χ1v) is 11.8. The molecule has 3 aromatic carbocycles. The number of anilines is 2. The minimum atomic E-state index is -0.265. The number of aryl methyl sites for hydroxylation is 1. The Bertz CT molecular complexity index is 1560. The normalized spacial score (nSPS) is 12.1. The molecule has 0 fully saturated rings. The minimum Gasteiger partial charge on any atom is -0.351 e. The number of benzene rings is 3. The molecule has 0 aliphatic rings. The Morgan fingerprint density at radius 2 is 1.82 bits per heavy atom. The lowest BCUT2D eigenvalue weighted by molar-refractivity contribution is 0.0952. The topological polar surface area (TPSA) is 88.4 Å². The molecule has 0 unspecified atom stereocenters. The first-order valence-electron chi connectivity index (χ1n) is 11.0. The van der Waals surface area contributed by atoms with E-state index in [4.69, 9.17) is 0 Å². The number of para-hydroxylation sites is 1. The van der Waals surface area contributed by atoms with Crippen LogP contribution in [-0.4, -0.2) is 27.0 Å². The fourth-order valence-electron chi connectivity index (χ4n) is 3.78. The van der Waals surface area contributed by atoms with Crippen LogP contribution in [-0.2, 0) is 0 Å². The van der Waals surface area contributed by atoms with Crippen molar-refractivity contribution in [3.63, 3.8) is 0 Å². The van der Waals surface area contributed by atoms with E-state index in [1.807, 2.05) is 61.5 Å². The molecule has 34 heavy (non-hydrogen) atoms. The molecule has 7 nitrogen and oxygen atoms in total. The summed E-state index contributed by atoms with van der Waals surface area (Å²) < 4.78 is 1.30. The van der Waals surface area contributed by atoms with Crippen molar-refractivity contribution in [2.75, 3.05) is 11.9 Å². The third-order valence-electron chi connectivity index (χ3n) is 5.78. The van der Waals surface area contributed by atoms with Crippen LogP contribution in [0.2, 0.25) is 0 Å². The van der Waals surface area contributed by atoms with E-state index >= 15 is 0 Å². The fourth-order valence-corrected chi connectivity index (χ4v) is 4.59. The summed E-state index contributed by atoms with van der Waals surface area (Å²) in [5.41, 5.74) is 3.83. The van der Waals surface area contributed by atoms with Gasteiger partial charge in [0.1, 0.15) is 0 Å². The van der Waals surface area contributed by atoms with E-state index < -0.39 is 0 Å². The number of aromatic nitrogens is 3. The number of carbonyl (C=O) groups excluding carboxylic acids is 1. The van der Waals surface area contributed by atoms with Gasteiger partial charge in [-0.05, 0) is 48.2 Å². The number of rotatable bonds is 6. The maximum Gasteiger partial charge on any atom is 0.283 e. The SMILES string of the molecule is Cc1ccccc1Nc1nn2c(=O)c3ccc(C(=O)NC[C@@H](C)c4ccccc4)cc3nc2s1. The lowest BCUT2D eigenvalue weighted by Crippen LogP contribution is -2.27. The summed E-state index contributed by atoms with van der Waals surface area (Å²) >= 11 is 1.28. The van der Waals surface area contributed by atoms with Gasteiger partial charge in [0.15, 0.2) is 0 Å². The molecule has 0 saturated heterocycles. The van der Waals surface area contributed by atoms with Crippen LogP contribution in [0.3, 0.4) is 0 Å². The van der Waals surface area contributed by atoms with E-state index in [0.29, 0.717) is 33.1 Å². The molecule has 1 amide bonds. The van der Waals surface area contributed by atoms with Crippen LogP contribution in [0.15, 0.2) is 77.6 Å². The molecule has 8 heteroatoms. The second-order valence-corrected chi connectivity index (χ2v) is 9.17. The molecule has 0 aliphatic heterocycles. The fraction of sp³-hybridized carbons (Fsp3) is 0.154. The zero-order chi connectivity index (χ0) is 23.7. The van der Waals surface area contributed by atoms with Gasteiger partial charge in [0.2, 0.25) is 10.1 Å². The Morgan fingerprint density at radius 1 is 1.06 bits per heavy atom. The first kappa shape index (κ1) is 21.8. The van der Waals surface area contributed by atoms with Crippen molar-refractivity contribution in [2.24, 2.45) is 0 Å². The van der Waals surface area contributed by atoms with Gasteiger partial charge in [0.25, 0.3) is 11.5 Å². The van der Waals surface area contributed by atoms with Crippen molar-refractivity contribution < 1.29 is 4.79 Å². The lowest BCUT2D eigenvalue weighted by atomic mass is 10.0. The van der Waals surface area contributed by atoms with E-state index in [-0.39, 0.29) is 17.4 Å². The largest absolute Gasteiger partial charge is 0.351 e. The Kier molecular flexibility index (Phi) is 5.81.